The van der Waals surface area contributed by atoms with Gasteiger partial charge < -0.3 is 15.7 Å². The third-order valence-electron chi connectivity index (χ3n) is 2.68. The number of hydrogen-bond donors (Lipinski definition) is 2. The van der Waals surface area contributed by atoms with Crippen molar-refractivity contribution in [2.45, 2.75) is 76.7 Å². The van der Waals surface area contributed by atoms with E-state index in [2.05, 4.69) is 6.92 Å². The van der Waals surface area contributed by atoms with Gasteiger partial charge in [-0.2, -0.15) is 17.6 Å². The number of aliphatic carboxylic acids is 1. The van der Waals surface area contributed by atoms with Gasteiger partial charge in [0.1, 0.15) is 0 Å². The Morgan fingerprint density at radius 2 is 1.35 bits per heavy atom. The SMILES string of the molecule is CCCCCCCCCC(=O)O.O.OC(F)(C(F)F)C(F)(F)F. The van der Waals surface area contributed by atoms with E-state index in [4.69, 9.17) is 10.2 Å². The lowest BCUT2D eigenvalue weighted by molar-refractivity contribution is -0.352. The average molecular weight is 358 g/mol. The molecule has 1 atom stereocenters. The number of halogens is 6. The molecule has 23 heavy (non-hydrogen) atoms. The molecular formula is C13H24F6O4. The third kappa shape index (κ3) is 14.3. The topological polar surface area (TPSA) is 89.0 Å². The molecule has 0 aliphatic heterocycles. The molecular weight excluding hydrogens is 334 g/mol. The number of hydrogen-bond acceptors (Lipinski definition) is 2. The minimum atomic E-state index is -5.94. The molecule has 0 aliphatic rings. The Hall–Kier alpha value is -1.03. The van der Waals surface area contributed by atoms with E-state index in [1.54, 1.807) is 0 Å². The van der Waals surface area contributed by atoms with Crippen molar-refractivity contribution < 1.29 is 46.8 Å². The van der Waals surface area contributed by atoms with Gasteiger partial charge in [0.05, 0.1) is 0 Å². The summed E-state index contributed by atoms with van der Waals surface area (Å²) in [4.78, 5) is 10.1. The Bertz CT molecular complexity index is 295. The smallest absolute Gasteiger partial charge is 0.454 e. The number of rotatable bonds is 9. The lowest BCUT2D eigenvalue weighted by Crippen LogP contribution is -2.47. The maximum absolute atomic E-state index is 11.4. The van der Waals surface area contributed by atoms with Crippen LogP contribution in [-0.4, -0.2) is 40.1 Å². The summed E-state index contributed by atoms with van der Waals surface area (Å²) < 4.78 is 66.3. The fraction of sp³-hybridized carbons (Fsp3) is 0.923. The first-order valence-corrected chi connectivity index (χ1v) is 6.94. The molecule has 1 unspecified atom stereocenters. The van der Waals surface area contributed by atoms with Gasteiger partial charge in [-0.1, -0.05) is 45.4 Å². The second kappa shape index (κ2) is 13.4. The van der Waals surface area contributed by atoms with Crippen LogP contribution < -0.4 is 0 Å². The standard InChI is InChI=1S/C10H20O2.C3H2F6O.H2O/c1-2-3-4-5-6-7-8-9-10(11)12;4-1(5)2(6,10)3(7,8)9;/h2-9H2,1H3,(H,11,12);1,10H;1H2. The fourth-order valence-corrected chi connectivity index (χ4v) is 1.36. The van der Waals surface area contributed by atoms with E-state index in [-0.39, 0.29) is 5.48 Å². The predicted molar refractivity (Wildman–Crippen MR) is 72.0 cm³/mol. The van der Waals surface area contributed by atoms with Crippen LogP contribution in [0.2, 0.25) is 0 Å². The molecule has 4 nitrogen and oxygen atoms in total. The van der Waals surface area contributed by atoms with Crippen LogP contribution in [0, 0.1) is 0 Å². The first-order valence-electron chi connectivity index (χ1n) is 6.94. The summed E-state index contributed by atoms with van der Waals surface area (Å²) in [6.07, 6.45) is -1.78. The minimum absolute atomic E-state index is 0. The number of carboxylic acid groups (broad SMARTS) is 1. The number of unbranched alkanes of at least 4 members (excludes halogenated alkanes) is 6. The lowest BCUT2D eigenvalue weighted by atomic mass is 10.1. The minimum Gasteiger partial charge on any atom is -0.481 e. The van der Waals surface area contributed by atoms with Gasteiger partial charge in [0, 0.05) is 6.42 Å². The van der Waals surface area contributed by atoms with Gasteiger partial charge in [0.2, 0.25) is 0 Å². The third-order valence-corrected chi connectivity index (χ3v) is 2.68. The molecule has 142 valence electrons. The van der Waals surface area contributed by atoms with Crippen molar-refractivity contribution in [1.82, 2.24) is 0 Å². The van der Waals surface area contributed by atoms with E-state index < -0.39 is 24.4 Å². The molecule has 0 bridgehead atoms. The number of carboxylic acids is 1. The molecule has 0 heterocycles. The van der Waals surface area contributed by atoms with Gasteiger partial charge in [-0.25, -0.2) is 8.78 Å². The van der Waals surface area contributed by atoms with Gasteiger partial charge in [0.25, 0.3) is 0 Å². The van der Waals surface area contributed by atoms with E-state index in [0.29, 0.717) is 6.42 Å². The van der Waals surface area contributed by atoms with Gasteiger partial charge in [-0.15, -0.1) is 0 Å². The molecule has 0 rings (SSSR count). The largest absolute Gasteiger partial charge is 0.481 e. The van der Waals surface area contributed by atoms with E-state index in [9.17, 15) is 31.1 Å². The Balaban J connectivity index is -0.000000338. The first kappa shape index (κ1) is 26.8. The molecule has 0 aliphatic carbocycles. The normalized spacial score (nSPS) is 13.6. The molecule has 0 radical (unpaired) electrons. The molecule has 0 aromatic carbocycles. The second-order valence-electron chi connectivity index (χ2n) is 4.74. The van der Waals surface area contributed by atoms with Crippen LogP contribution >= 0.6 is 0 Å². The molecule has 0 spiro atoms. The Labute approximate surface area is 130 Å². The van der Waals surface area contributed by atoms with Crippen molar-refractivity contribution >= 4 is 5.97 Å². The van der Waals surface area contributed by atoms with E-state index in [1.807, 2.05) is 0 Å². The number of aliphatic hydroxyl groups is 1. The fourth-order valence-electron chi connectivity index (χ4n) is 1.36. The molecule has 0 aromatic rings. The van der Waals surface area contributed by atoms with E-state index in [1.165, 1.54) is 32.1 Å². The molecule has 0 fully saturated rings. The van der Waals surface area contributed by atoms with Crippen LogP contribution in [-0.2, 0) is 4.79 Å². The zero-order valence-corrected chi connectivity index (χ0v) is 12.8. The number of alkyl halides is 6. The van der Waals surface area contributed by atoms with Gasteiger partial charge in [-0.3, -0.25) is 4.79 Å². The van der Waals surface area contributed by atoms with Crippen molar-refractivity contribution in [2.75, 3.05) is 0 Å². The average Bonchev–Trinajstić information content (AvgIpc) is 2.36. The van der Waals surface area contributed by atoms with Crippen LogP contribution in [0.5, 0.6) is 0 Å². The summed E-state index contributed by atoms with van der Waals surface area (Å²) in [7, 11) is 0. The highest BCUT2D eigenvalue weighted by molar-refractivity contribution is 5.66. The summed E-state index contributed by atoms with van der Waals surface area (Å²) in [6, 6.07) is 0. The second-order valence-corrected chi connectivity index (χ2v) is 4.74. The maximum atomic E-state index is 11.4. The Morgan fingerprint density at radius 3 is 1.61 bits per heavy atom. The molecule has 0 aromatic heterocycles. The zero-order chi connectivity index (χ0) is 17.8. The Kier molecular flexibility index (Phi) is 15.7. The molecule has 4 N–H and O–H groups in total. The van der Waals surface area contributed by atoms with Crippen LogP contribution in [0.25, 0.3) is 0 Å². The highest BCUT2D eigenvalue weighted by Gasteiger charge is 2.62. The summed E-state index contributed by atoms with van der Waals surface area (Å²) in [6.45, 7) is 2.20. The van der Waals surface area contributed by atoms with Gasteiger partial charge >= 0.3 is 24.4 Å². The first-order chi connectivity index (χ1) is 9.96. The zero-order valence-electron chi connectivity index (χ0n) is 12.8. The summed E-state index contributed by atoms with van der Waals surface area (Å²) in [5.74, 6) is -6.06. The summed E-state index contributed by atoms with van der Waals surface area (Å²) >= 11 is 0. The monoisotopic (exact) mass is 358 g/mol. The van der Waals surface area contributed by atoms with Crippen LogP contribution in [0.15, 0.2) is 0 Å². The van der Waals surface area contributed by atoms with Crippen molar-refractivity contribution in [3.05, 3.63) is 0 Å². The molecule has 0 saturated heterocycles. The quantitative estimate of drug-likeness (QED) is 0.484. The number of carbonyl (C=O) groups is 1. The van der Waals surface area contributed by atoms with E-state index >= 15 is 0 Å². The van der Waals surface area contributed by atoms with Crippen molar-refractivity contribution in [1.29, 1.82) is 0 Å². The van der Waals surface area contributed by atoms with Crippen LogP contribution in [0.1, 0.15) is 58.3 Å². The van der Waals surface area contributed by atoms with Crippen molar-refractivity contribution in [3.63, 3.8) is 0 Å². The highest BCUT2D eigenvalue weighted by atomic mass is 19.4. The van der Waals surface area contributed by atoms with Crippen molar-refractivity contribution in [2.24, 2.45) is 0 Å². The van der Waals surface area contributed by atoms with Gasteiger partial charge in [-0.05, 0) is 6.42 Å². The molecule has 0 saturated carbocycles. The summed E-state index contributed by atoms with van der Waals surface area (Å²) in [5, 5.41) is 15.7. The lowest BCUT2D eigenvalue weighted by Gasteiger charge is -2.20. The predicted octanol–water partition coefficient (Wildman–Crippen LogP) is 3.86. The summed E-state index contributed by atoms with van der Waals surface area (Å²) in [5.41, 5.74) is 0. The highest BCUT2D eigenvalue weighted by Crippen LogP contribution is 2.36. The van der Waals surface area contributed by atoms with Crippen molar-refractivity contribution in [3.8, 4) is 0 Å². The molecule has 0 amide bonds. The Morgan fingerprint density at radius 1 is 0.957 bits per heavy atom. The maximum Gasteiger partial charge on any atom is 0.454 e. The van der Waals surface area contributed by atoms with Crippen LogP contribution in [0.3, 0.4) is 0 Å². The van der Waals surface area contributed by atoms with Crippen LogP contribution in [0.4, 0.5) is 26.3 Å². The van der Waals surface area contributed by atoms with Gasteiger partial charge in [0.15, 0.2) is 0 Å². The van der Waals surface area contributed by atoms with E-state index in [0.717, 1.165) is 12.8 Å². The molecule has 10 heteroatoms.